The molecule has 1 aliphatic heterocycles. The van der Waals surface area contributed by atoms with Gasteiger partial charge in [0.05, 0.1) is 13.2 Å². The number of carboxylic acids is 1. The van der Waals surface area contributed by atoms with Crippen LogP contribution >= 0.6 is 0 Å². The van der Waals surface area contributed by atoms with E-state index in [0.717, 1.165) is 13.1 Å². The molecule has 1 atom stereocenters. The highest BCUT2D eigenvalue weighted by Gasteiger charge is 2.20. The zero-order chi connectivity index (χ0) is 15.7. The summed E-state index contributed by atoms with van der Waals surface area (Å²) >= 11 is 0. The minimum absolute atomic E-state index is 0.0262. The van der Waals surface area contributed by atoms with Crippen LogP contribution in [0.2, 0.25) is 0 Å². The molecular weight excluding hydrogens is 280 g/mol. The predicted octanol–water partition coefficient (Wildman–Crippen LogP) is -1.66. The largest absolute Gasteiger partial charge is 0.480 e. The Hall–Kier alpha value is -1.87. The maximum Gasteiger partial charge on any atom is 0.326 e. The number of ether oxygens (including phenoxy) is 1. The zero-order valence-corrected chi connectivity index (χ0v) is 11.8. The van der Waals surface area contributed by atoms with Crippen LogP contribution in [0.4, 0.5) is 4.79 Å². The van der Waals surface area contributed by atoms with Gasteiger partial charge in [-0.2, -0.15) is 0 Å². The fraction of sp³-hybridized carbons (Fsp3) is 0.750. The molecule has 0 spiro atoms. The van der Waals surface area contributed by atoms with Crippen LogP contribution in [0, 0.1) is 0 Å². The number of primary amides is 1. The summed E-state index contributed by atoms with van der Waals surface area (Å²) in [6, 6.07) is -1.69. The van der Waals surface area contributed by atoms with E-state index in [0.29, 0.717) is 26.3 Å². The van der Waals surface area contributed by atoms with Gasteiger partial charge in [-0.25, -0.2) is 9.59 Å². The molecule has 1 aliphatic rings. The molecule has 120 valence electrons. The minimum atomic E-state index is -1.19. The molecule has 0 saturated carbocycles. The minimum Gasteiger partial charge on any atom is -0.480 e. The number of carbonyl (C=O) groups is 3. The number of hydrogen-bond donors (Lipinski definition) is 4. The van der Waals surface area contributed by atoms with Crippen molar-refractivity contribution < 1.29 is 24.2 Å². The van der Waals surface area contributed by atoms with Gasteiger partial charge in [0, 0.05) is 32.6 Å². The molecule has 5 N–H and O–H groups in total. The number of hydrogen-bond acceptors (Lipinski definition) is 5. The van der Waals surface area contributed by atoms with Gasteiger partial charge in [0.2, 0.25) is 5.91 Å². The second-order valence-electron chi connectivity index (χ2n) is 4.75. The molecule has 3 amide bonds. The van der Waals surface area contributed by atoms with E-state index in [1.807, 2.05) is 0 Å². The lowest BCUT2D eigenvalue weighted by Gasteiger charge is -2.26. The maximum absolute atomic E-state index is 11.6. The Morgan fingerprint density at radius 3 is 2.52 bits per heavy atom. The molecule has 0 aliphatic carbocycles. The summed E-state index contributed by atoms with van der Waals surface area (Å²) in [5.74, 6) is -1.80. The van der Waals surface area contributed by atoms with Crippen LogP contribution in [0.15, 0.2) is 0 Å². The SMILES string of the molecule is NC(=O)CCC(NC(=O)NCCN1CCOCC1)C(=O)O. The lowest BCUT2D eigenvalue weighted by Crippen LogP contribution is -2.48. The number of nitrogens with one attached hydrogen (secondary N) is 2. The average Bonchev–Trinajstić information content (AvgIpc) is 2.44. The first-order chi connectivity index (χ1) is 9.99. The first kappa shape index (κ1) is 17.2. The molecule has 0 bridgehead atoms. The van der Waals surface area contributed by atoms with Crippen molar-refractivity contribution in [2.24, 2.45) is 5.73 Å². The van der Waals surface area contributed by atoms with Crippen molar-refractivity contribution >= 4 is 17.9 Å². The number of morpholine rings is 1. The Bertz CT molecular complexity index is 371. The van der Waals surface area contributed by atoms with Gasteiger partial charge in [0.1, 0.15) is 6.04 Å². The second-order valence-corrected chi connectivity index (χ2v) is 4.75. The third kappa shape index (κ3) is 7.47. The van der Waals surface area contributed by atoms with Crippen molar-refractivity contribution in [3.05, 3.63) is 0 Å². The average molecular weight is 302 g/mol. The van der Waals surface area contributed by atoms with Gasteiger partial charge in [0.25, 0.3) is 0 Å². The Kier molecular flexibility index (Phi) is 7.48. The Morgan fingerprint density at radius 1 is 1.29 bits per heavy atom. The first-order valence-electron chi connectivity index (χ1n) is 6.84. The normalized spacial score (nSPS) is 17.0. The molecule has 0 aromatic rings. The summed E-state index contributed by atoms with van der Waals surface area (Å²) in [5.41, 5.74) is 4.96. The van der Waals surface area contributed by atoms with E-state index in [2.05, 4.69) is 15.5 Å². The highest BCUT2D eigenvalue weighted by Crippen LogP contribution is 1.97. The number of aliphatic carboxylic acids is 1. The Balaban J connectivity index is 2.22. The maximum atomic E-state index is 11.6. The number of amides is 3. The Labute approximate surface area is 122 Å². The molecule has 0 aromatic carbocycles. The quantitative estimate of drug-likeness (QED) is 0.424. The molecule has 0 radical (unpaired) electrons. The van der Waals surface area contributed by atoms with E-state index >= 15 is 0 Å². The highest BCUT2D eigenvalue weighted by molar-refractivity contribution is 5.83. The van der Waals surface area contributed by atoms with Crippen LogP contribution < -0.4 is 16.4 Å². The van der Waals surface area contributed by atoms with Crippen molar-refractivity contribution in [3.8, 4) is 0 Å². The lowest BCUT2D eigenvalue weighted by molar-refractivity contribution is -0.139. The standard InChI is InChI=1S/C12H22N4O5/c13-10(17)2-1-9(11(18)19)15-12(20)14-3-4-16-5-7-21-8-6-16/h9H,1-8H2,(H2,13,17)(H,18,19)(H2,14,15,20). The lowest BCUT2D eigenvalue weighted by atomic mass is 10.1. The van der Waals surface area contributed by atoms with Gasteiger partial charge in [-0.15, -0.1) is 0 Å². The molecule has 1 unspecified atom stereocenters. The summed E-state index contributed by atoms with van der Waals surface area (Å²) in [4.78, 5) is 35.3. The van der Waals surface area contributed by atoms with Crippen molar-refractivity contribution in [1.82, 2.24) is 15.5 Å². The molecule has 0 aromatic heterocycles. The van der Waals surface area contributed by atoms with Gasteiger partial charge in [0.15, 0.2) is 0 Å². The smallest absolute Gasteiger partial charge is 0.326 e. The number of nitrogens with zero attached hydrogens (tertiary/aromatic N) is 1. The number of urea groups is 1. The van der Waals surface area contributed by atoms with Crippen molar-refractivity contribution in [2.45, 2.75) is 18.9 Å². The van der Waals surface area contributed by atoms with Crippen molar-refractivity contribution in [3.63, 3.8) is 0 Å². The predicted molar refractivity (Wildman–Crippen MR) is 73.6 cm³/mol. The molecule has 1 saturated heterocycles. The first-order valence-corrected chi connectivity index (χ1v) is 6.84. The van der Waals surface area contributed by atoms with Crippen LogP contribution in [0.1, 0.15) is 12.8 Å². The zero-order valence-electron chi connectivity index (χ0n) is 11.8. The van der Waals surface area contributed by atoms with E-state index in [9.17, 15) is 14.4 Å². The van der Waals surface area contributed by atoms with Gasteiger partial charge in [-0.05, 0) is 6.42 Å². The summed E-state index contributed by atoms with van der Waals surface area (Å²) in [5, 5.41) is 13.8. The third-order valence-corrected chi connectivity index (χ3v) is 3.10. The molecule has 1 rings (SSSR count). The summed E-state index contributed by atoms with van der Waals surface area (Å²) in [7, 11) is 0. The van der Waals surface area contributed by atoms with Crippen LogP contribution in [0.3, 0.4) is 0 Å². The highest BCUT2D eigenvalue weighted by atomic mass is 16.5. The van der Waals surface area contributed by atoms with E-state index in [-0.39, 0.29) is 12.8 Å². The fourth-order valence-corrected chi connectivity index (χ4v) is 1.91. The molecule has 1 heterocycles. The molecule has 1 fully saturated rings. The third-order valence-electron chi connectivity index (χ3n) is 3.10. The van der Waals surface area contributed by atoms with E-state index in [1.54, 1.807) is 0 Å². The topological polar surface area (TPSA) is 134 Å². The Morgan fingerprint density at radius 2 is 1.95 bits per heavy atom. The van der Waals surface area contributed by atoms with E-state index in [4.69, 9.17) is 15.6 Å². The molecular formula is C12H22N4O5. The van der Waals surface area contributed by atoms with E-state index < -0.39 is 23.9 Å². The van der Waals surface area contributed by atoms with Gasteiger partial charge >= 0.3 is 12.0 Å². The van der Waals surface area contributed by atoms with Crippen molar-refractivity contribution in [1.29, 1.82) is 0 Å². The van der Waals surface area contributed by atoms with Crippen LogP contribution in [-0.2, 0) is 14.3 Å². The van der Waals surface area contributed by atoms with Gasteiger partial charge in [-0.3, -0.25) is 9.69 Å². The van der Waals surface area contributed by atoms with Gasteiger partial charge < -0.3 is 26.2 Å². The molecule has 9 nitrogen and oxygen atoms in total. The molecule has 21 heavy (non-hydrogen) atoms. The van der Waals surface area contributed by atoms with Crippen LogP contribution in [-0.4, -0.2) is 73.3 Å². The van der Waals surface area contributed by atoms with Crippen LogP contribution in [0.5, 0.6) is 0 Å². The summed E-state index contributed by atoms with van der Waals surface area (Å²) in [6.45, 7) is 4.09. The number of carboxylic acid groups (broad SMARTS) is 1. The second kappa shape index (κ2) is 9.14. The number of carbonyl (C=O) groups excluding carboxylic acids is 2. The van der Waals surface area contributed by atoms with Gasteiger partial charge in [-0.1, -0.05) is 0 Å². The summed E-state index contributed by atoms with van der Waals surface area (Å²) < 4.78 is 5.21. The van der Waals surface area contributed by atoms with Crippen molar-refractivity contribution in [2.75, 3.05) is 39.4 Å². The number of rotatable bonds is 8. The fourth-order valence-electron chi connectivity index (χ4n) is 1.91. The van der Waals surface area contributed by atoms with E-state index in [1.165, 1.54) is 0 Å². The monoisotopic (exact) mass is 302 g/mol. The van der Waals surface area contributed by atoms with Crippen LogP contribution in [0.25, 0.3) is 0 Å². The molecule has 9 heteroatoms. The number of nitrogens with two attached hydrogens (primary N) is 1. The summed E-state index contributed by atoms with van der Waals surface area (Å²) in [6.07, 6.45) is -0.118.